The summed E-state index contributed by atoms with van der Waals surface area (Å²) < 4.78 is 10.8. The molecular formula is C25H25N5O3. The van der Waals surface area contributed by atoms with Gasteiger partial charge in [-0.05, 0) is 45.0 Å². The number of pyridine rings is 1. The third kappa shape index (κ3) is 5.01. The summed E-state index contributed by atoms with van der Waals surface area (Å²) >= 11 is 0. The quantitative estimate of drug-likeness (QED) is 0.440. The summed E-state index contributed by atoms with van der Waals surface area (Å²) in [6.45, 7) is 5.41. The molecule has 0 saturated heterocycles. The van der Waals surface area contributed by atoms with Gasteiger partial charge in [-0.2, -0.15) is 0 Å². The number of rotatable bonds is 4. The van der Waals surface area contributed by atoms with Crippen LogP contribution in [0, 0.1) is 0 Å². The number of anilines is 2. The molecule has 0 spiro atoms. The molecule has 0 aliphatic carbocycles. The maximum atomic E-state index is 12.2. The molecule has 0 radical (unpaired) electrons. The Morgan fingerprint density at radius 1 is 0.939 bits per heavy atom. The van der Waals surface area contributed by atoms with E-state index in [0.717, 1.165) is 11.1 Å². The summed E-state index contributed by atoms with van der Waals surface area (Å²) in [4.78, 5) is 25.8. The van der Waals surface area contributed by atoms with Crippen LogP contribution in [0.3, 0.4) is 0 Å². The first kappa shape index (κ1) is 22.0. The Bertz CT molecular complexity index is 1320. The minimum absolute atomic E-state index is 0.190. The van der Waals surface area contributed by atoms with Crippen molar-refractivity contribution in [2.24, 2.45) is 0 Å². The van der Waals surface area contributed by atoms with Gasteiger partial charge in [0.05, 0.1) is 24.0 Å². The minimum atomic E-state index is -0.603. The van der Waals surface area contributed by atoms with Gasteiger partial charge in [0.15, 0.2) is 0 Å². The highest BCUT2D eigenvalue weighted by Gasteiger charge is 2.18. The molecule has 0 fully saturated rings. The molecule has 0 saturated carbocycles. The molecule has 4 rings (SSSR count). The second kappa shape index (κ2) is 8.74. The van der Waals surface area contributed by atoms with Gasteiger partial charge in [0.1, 0.15) is 22.6 Å². The molecule has 1 amide bonds. The number of hydrogen-bond acceptors (Lipinski definition) is 7. The highest BCUT2D eigenvalue weighted by molar-refractivity contribution is 5.92. The maximum Gasteiger partial charge on any atom is 0.412 e. The van der Waals surface area contributed by atoms with E-state index in [4.69, 9.17) is 20.2 Å². The molecule has 2 aromatic carbocycles. The number of methoxy groups -OCH3 is 1. The molecule has 0 bridgehead atoms. The predicted molar refractivity (Wildman–Crippen MR) is 129 cm³/mol. The van der Waals surface area contributed by atoms with Crippen LogP contribution in [0.5, 0.6) is 5.75 Å². The fraction of sp³-hybridized carbons (Fsp3) is 0.200. The third-order valence-electron chi connectivity index (χ3n) is 4.74. The number of fused-ring (bicyclic) bond motifs is 1. The molecule has 168 valence electrons. The van der Waals surface area contributed by atoms with Gasteiger partial charge in [-0.25, -0.2) is 19.7 Å². The number of ether oxygens (including phenoxy) is 2. The van der Waals surface area contributed by atoms with Crippen LogP contribution in [0.25, 0.3) is 33.5 Å². The Balaban J connectivity index is 1.73. The smallest absolute Gasteiger partial charge is 0.412 e. The lowest BCUT2D eigenvalue weighted by Crippen LogP contribution is -2.27. The van der Waals surface area contributed by atoms with Crippen molar-refractivity contribution in [3.63, 3.8) is 0 Å². The van der Waals surface area contributed by atoms with Crippen LogP contribution in [0.4, 0.5) is 16.4 Å². The first-order valence-corrected chi connectivity index (χ1v) is 10.4. The van der Waals surface area contributed by atoms with Crippen LogP contribution in [-0.4, -0.2) is 33.8 Å². The van der Waals surface area contributed by atoms with Crippen molar-refractivity contribution < 1.29 is 14.3 Å². The summed E-state index contributed by atoms with van der Waals surface area (Å²) in [5, 5.41) is 2.72. The van der Waals surface area contributed by atoms with Crippen molar-refractivity contribution in [3.8, 4) is 28.3 Å². The van der Waals surface area contributed by atoms with Gasteiger partial charge in [-0.3, -0.25) is 5.32 Å². The van der Waals surface area contributed by atoms with Crippen molar-refractivity contribution in [3.05, 3.63) is 60.7 Å². The number of nitrogen functional groups attached to an aromatic ring is 1. The predicted octanol–water partition coefficient (Wildman–Crippen LogP) is 5.30. The topological polar surface area (TPSA) is 112 Å². The lowest BCUT2D eigenvalue weighted by atomic mass is 10.1. The molecule has 8 heteroatoms. The molecule has 8 nitrogen and oxygen atoms in total. The number of nitrogens with one attached hydrogen (secondary N) is 1. The van der Waals surface area contributed by atoms with E-state index in [-0.39, 0.29) is 5.95 Å². The molecule has 2 aromatic heterocycles. The number of nitrogens with two attached hydrogens (primary N) is 1. The normalized spacial score (nSPS) is 11.3. The van der Waals surface area contributed by atoms with E-state index in [2.05, 4.69) is 15.3 Å². The first-order valence-electron chi connectivity index (χ1n) is 10.4. The molecular weight excluding hydrogens is 418 g/mol. The van der Waals surface area contributed by atoms with Crippen LogP contribution in [0.15, 0.2) is 60.7 Å². The van der Waals surface area contributed by atoms with Crippen LogP contribution in [0.1, 0.15) is 20.8 Å². The summed E-state index contributed by atoms with van der Waals surface area (Å²) in [5.74, 6) is 0.673. The van der Waals surface area contributed by atoms with Crippen molar-refractivity contribution >= 4 is 28.8 Å². The second-order valence-corrected chi connectivity index (χ2v) is 8.40. The number of nitrogens with zero attached hydrogens (tertiary/aromatic N) is 3. The zero-order valence-corrected chi connectivity index (χ0v) is 18.9. The average molecular weight is 444 g/mol. The standard InChI is InChI=1S/C25H25N5O3/c1-25(2,3)33-24(31)29-18-11-10-16(14-20(18)32-4)17-12-13-19-22(27-17)21(30-23(26)28-19)15-8-6-5-7-9-15/h5-14H,1-4H3,(H,29,31)(H2,26,28,30). The van der Waals surface area contributed by atoms with Crippen molar-refractivity contribution in [2.75, 3.05) is 18.2 Å². The lowest BCUT2D eigenvalue weighted by Gasteiger charge is -2.20. The Morgan fingerprint density at radius 2 is 1.70 bits per heavy atom. The molecule has 0 unspecified atom stereocenters. The molecule has 3 N–H and O–H groups in total. The Kier molecular flexibility index (Phi) is 5.83. The van der Waals surface area contributed by atoms with Gasteiger partial charge in [0, 0.05) is 11.1 Å². The van der Waals surface area contributed by atoms with Crippen molar-refractivity contribution in [2.45, 2.75) is 26.4 Å². The van der Waals surface area contributed by atoms with Crippen LogP contribution in [-0.2, 0) is 4.74 Å². The molecule has 4 aromatic rings. The van der Waals surface area contributed by atoms with Crippen LogP contribution < -0.4 is 15.8 Å². The number of carbonyl (C=O) groups excluding carboxylic acids is 1. The van der Waals surface area contributed by atoms with E-state index in [0.29, 0.717) is 33.9 Å². The number of amides is 1. The summed E-state index contributed by atoms with van der Waals surface area (Å²) in [6.07, 6.45) is -0.556. The number of benzene rings is 2. The zero-order chi connectivity index (χ0) is 23.6. The van der Waals surface area contributed by atoms with Crippen LogP contribution >= 0.6 is 0 Å². The molecule has 2 heterocycles. The van der Waals surface area contributed by atoms with Crippen molar-refractivity contribution in [1.82, 2.24) is 15.0 Å². The van der Waals surface area contributed by atoms with Crippen molar-refractivity contribution in [1.29, 1.82) is 0 Å². The molecule has 0 aliphatic rings. The van der Waals surface area contributed by atoms with E-state index in [1.165, 1.54) is 7.11 Å². The number of aromatic nitrogens is 3. The average Bonchev–Trinajstić information content (AvgIpc) is 2.78. The molecule has 33 heavy (non-hydrogen) atoms. The molecule has 0 aliphatic heterocycles. The van der Waals surface area contributed by atoms with Gasteiger partial charge in [-0.15, -0.1) is 0 Å². The fourth-order valence-electron chi connectivity index (χ4n) is 3.36. The van der Waals surface area contributed by atoms with E-state index in [1.807, 2.05) is 48.5 Å². The number of carbonyl (C=O) groups is 1. The SMILES string of the molecule is COc1cc(-c2ccc3nc(N)nc(-c4ccccc4)c3n2)ccc1NC(=O)OC(C)(C)C. The number of hydrogen-bond donors (Lipinski definition) is 2. The van der Waals surface area contributed by atoms with Gasteiger partial charge in [-0.1, -0.05) is 36.4 Å². The van der Waals surface area contributed by atoms with Crippen LogP contribution in [0.2, 0.25) is 0 Å². The van der Waals surface area contributed by atoms with E-state index >= 15 is 0 Å². The highest BCUT2D eigenvalue weighted by atomic mass is 16.6. The van der Waals surface area contributed by atoms with E-state index in [9.17, 15) is 4.79 Å². The highest BCUT2D eigenvalue weighted by Crippen LogP contribution is 2.32. The minimum Gasteiger partial charge on any atom is -0.495 e. The molecule has 0 atom stereocenters. The van der Waals surface area contributed by atoms with E-state index in [1.54, 1.807) is 32.9 Å². The van der Waals surface area contributed by atoms with Gasteiger partial charge in [0.25, 0.3) is 0 Å². The monoisotopic (exact) mass is 443 g/mol. The summed E-state index contributed by atoms with van der Waals surface area (Å²) in [7, 11) is 1.54. The first-order chi connectivity index (χ1) is 15.7. The summed E-state index contributed by atoms with van der Waals surface area (Å²) in [5.41, 5.74) is 10.2. The van der Waals surface area contributed by atoms with E-state index < -0.39 is 11.7 Å². The largest absolute Gasteiger partial charge is 0.495 e. The second-order valence-electron chi connectivity index (χ2n) is 8.40. The van der Waals surface area contributed by atoms with Gasteiger partial charge >= 0.3 is 6.09 Å². The Morgan fingerprint density at radius 3 is 2.39 bits per heavy atom. The Labute approximate surface area is 191 Å². The Hall–Kier alpha value is -4.20. The van der Waals surface area contributed by atoms with Gasteiger partial charge < -0.3 is 15.2 Å². The zero-order valence-electron chi connectivity index (χ0n) is 18.9. The third-order valence-corrected chi connectivity index (χ3v) is 4.74. The fourth-order valence-corrected chi connectivity index (χ4v) is 3.36. The maximum absolute atomic E-state index is 12.2. The lowest BCUT2D eigenvalue weighted by molar-refractivity contribution is 0.0635. The summed E-state index contributed by atoms with van der Waals surface area (Å²) in [6, 6.07) is 18.8. The van der Waals surface area contributed by atoms with Gasteiger partial charge in [0.2, 0.25) is 5.95 Å².